The highest BCUT2D eigenvalue weighted by Crippen LogP contribution is 2.64. The molecule has 116 valence electrons. The van der Waals surface area contributed by atoms with Crippen molar-refractivity contribution < 1.29 is 19.7 Å². The van der Waals surface area contributed by atoms with Gasteiger partial charge in [-0.25, -0.2) is 0 Å². The Balaban J connectivity index is 1.88. The highest BCUT2D eigenvalue weighted by atomic mass is 16.5. The maximum atomic E-state index is 12.5. The molecule has 1 aromatic rings. The molecule has 5 nitrogen and oxygen atoms in total. The van der Waals surface area contributed by atoms with Crippen LogP contribution in [-0.4, -0.2) is 52.2 Å². The number of hydrogen-bond acceptors (Lipinski definition) is 5. The van der Waals surface area contributed by atoms with Crippen LogP contribution in [0, 0.1) is 0 Å². The van der Waals surface area contributed by atoms with Crippen LogP contribution in [0.3, 0.4) is 0 Å². The molecule has 2 aliphatic heterocycles. The molecule has 0 amide bonds. The van der Waals surface area contributed by atoms with E-state index in [9.17, 15) is 15.0 Å². The number of likely N-dealkylation sites (N-methyl/N-ethyl adjacent to an activating group) is 1. The summed E-state index contributed by atoms with van der Waals surface area (Å²) in [6.07, 6.45) is 1.61. The van der Waals surface area contributed by atoms with Crippen LogP contribution in [-0.2, 0) is 16.6 Å². The van der Waals surface area contributed by atoms with Crippen molar-refractivity contribution in [3.63, 3.8) is 0 Å². The first-order valence-electron chi connectivity index (χ1n) is 7.96. The smallest absolute Gasteiger partial charge is 0.174 e. The van der Waals surface area contributed by atoms with Gasteiger partial charge in [0.05, 0.1) is 11.0 Å². The van der Waals surface area contributed by atoms with Gasteiger partial charge in [-0.2, -0.15) is 0 Å². The summed E-state index contributed by atoms with van der Waals surface area (Å²) in [6.45, 7) is 0.828. The summed E-state index contributed by atoms with van der Waals surface area (Å²) in [6, 6.07) is 3.57. The van der Waals surface area contributed by atoms with Crippen molar-refractivity contribution >= 4 is 5.78 Å². The van der Waals surface area contributed by atoms with Crippen molar-refractivity contribution in [1.82, 2.24) is 4.90 Å². The van der Waals surface area contributed by atoms with Crippen LogP contribution in [0.15, 0.2) is 12.1 Å². The van der Waals surface area contributed by atoms with E-state index in [-0.39, 0.29) is 17.6 Å². The van der Waals surface area contributed by atoms with Gasteiger partial charge in [-0.3, -0.25) is 4.79 Å². The maximum Gasteiger partial charge on any atom is 0.174 e. The fourth-order valence-electron chi connectivity index (χ4n) is 5.54. The minimum Gasteiger partial charge on any atom is -0.504 e. The predicted octanol–water partition coefficient (Wildman–Crippen LogP) is 0.745. The van der Waals surface area contributed by atoms with Gasteiger partial charge in [-0.05, 0) is 44.5 Å². The molecule has 2 aliphatic carbocycles. The molecule has 5 heteroatoms. The van der Waals surface area contributed by atoms with E-state index in [0.717, 1.165) is 24.1 Å². The number of piperidine rings is 1. The quantitative estimate of drug-likeness (QED) is 0.740. The van der Waals surface area contributed by atoms with E-state index >= 15 is 0 Å². The lowest BCUT2D eigenvalue weighted by Gasteiger charge is -2.61. The number of aromatic hydroxyl groups is 1. The first kappa shape index (κ1) is 12.9. The SMILES string of the molecule is CN1CC[C@@]23c4c5ccc(O)c4O[C@@H]2C(=O)CC[C@]3(O)C1C5. The molecule has 1 unspecified atom stereocenters. The highest BCUT2D eigenvalue weighted by molar-refractivity contribution is 5.90. The summed E-state index contributed by atoms with van der Waals surface area (Å²) in [7, 11) is 2.04. The van der Waals surface area contributed by atoms with Gasteiger partial charge in [0.15, 0.2) is 23.4 Å². The largest absolute Gasteiger partial charge is 0.504 e. The number of aliphatic hydroxyl groups is 1. The van der Waals surface area contributed by atoms with Crippen molar-refractivity contribution in [3.8, 4) is 11.5 Å². The topological polar surface area (TPSA) is 70.0 Å². The zero-order valence-corrected chi connectivity index (χ0v) is 12.5. The summed E-state index contributed by atoms with van der Waals surface area (Å²) in [5, 5.41) is 21.8. The van der Waals surface area contributed by atoms with Crippen molar-refractivity contribution in [3.05, 3.63) is 23.3 Å². The summed E-state index contributed by atoms with van der Waals surface area (Å²) in [5.74, 6) is 0.561. The fraction of sp³-hybridized carbons (Fsp3) is 0.588. The molecule has 1 spiro atoms. The van der Waals surface area contributed by atoms with Crippen LogP contribution in [0.25, 0.3) is 0 Å². The molecule has 22 heavy (non-hydrogen) atoms. The first-order valence-corrected chi connectivity index (χ1v) is 7.96. The predicted molar refractivity (Wildman–Crippen MR) is 78.1 cm³/mol. The van der Waals surface area contributed by atoms with E-state index < -0.39 is 17.1 Å². The van der Waals surface area contributed by atoms with Crippen molar-refractivity contribution in [2.24, 2.45) is 0 Å². The Labute approximate surface area is 128 Å². The van der Waals surface area contributed by atoms with Gasteiger partial charge >= 0.3 is 0 Å². The fourth-order valence-corrected chi connectivity index (χ4v) is 5.54. The molecule has 1 saturated carbocycles. The normalized spacial score (nSPS) is 42.0. The molecule has 5 rings (SSSR count). The number of Topliss-reactive ketones (excluding diaryl/α,β-unsaturated/α-hetero) is 1. The number of carbonyl (C=O) groups is 1. The number of nitrogens with zero attached hydrogens (tertiary/aromatic N) is 1. The maximum absolute atomic E-state index is 12.5. The van der Waals surface area contributed by atoms with Crippen LogP contribution >= 0.6 is 0 Å². The second-order valence-electron chi connectivity index (χ2n) is 7.26. The Morgan fingerprint density at radius 3 is 3.00 bits per heavy atom. The third-order valence-corrected chi connectivity index (χ3v) is 6.53. The monoisotopic (exact) mass is 301 g/mol. The molecule has 1 aromatic carbocycles. The third-order valence-electron chi connectivity index (χ3n) is 6.53. The van der Waals surface area contributed by atoms with Gasteiger partial charge in [0.25, 0.3) is 0 Å². The standard InChI is InChI=1S/C17H19NO4/c1-18-7-6-16-13-9-2-3-10(19)14(13)22-15(16)11(20)4-5-17(16,21)12(18)8-9/h2-3,12,15,19,21H,4-8H2,1H3/t12?,15-,16-,17+/m1/s1. The second kappa shape index (κ2) is 3.66. The Bertz CT molecular complexity index is 717. The summed E-state index contributed by atoms with van der Waals surface area (Å²) < 4.78 is 5.94. The van der Waals surface area contributed by atoms with Gasteiger partial charge < -0.3 is 19.8 Å². The van der Waals surface area contributed by atoms with E-state index in [2.05, 4.69) is 4.90 Å². The lowest BCUT2D eigenvalue weighted by atomic mass is 9.49. The van der Waals surface area contributed by atoms with Crippen LogP contribution in [0.2, 0.25) is 0 Å². The van der Waals surface area contributed by atoms with Gasteiger partial charge in [-0.15, -0.1) is 0 Å². The van der Waals surface area contributed by atoms with Gasteiger partial charge in [0, 0.05) is 18.0 Å². The van der Waals surface area contributed by atoms with Crippen molar-refractivity contribution in [1.29, 1.82) is 0 Å². The molecule has 0 aromatic heterocycles. The zero-order chi connectivity index (χ0) is 15.3. The summed E-state index contributed by atoms with van der Waals surface area (Å²) in [5.41, 5.74) is 0.370. The molecule has 2 bridgehead atoms. The van der Waals surface area contributed by atoms with Crippen LogP contribution in [0.4, 0.5) is 0 Å². The number of carbonyl (C=O) groups excluding carboxylic acids is 1. The number of ether oxygens (including phenoxy) is 1. The molecular weight excluding hydrogens is 282 g/mol. The summed E-state index contributed by atoms with van der Waals surface area (Å²) in [4.78, 5) is 14.7. The number of likely N-dealkylation sites (tertiary alicyclic amines) is 1. The van der Waals surface area contributed by atoms with Crippen LogP contribution in [0.1, 0.15) is 30.4 Å². The van der Waals surface area contributed by atoms with E-state index in [1.54, 1.807) is 6.07 Å². The first-order chi connectivity index (χ1) is 10.5. The van der Waals surface area contributed by atoms with Gasteiger partial charge in [0.2, 0.25) is 0 Å². The number of phenolic OH excluding ortho intramolecular Hbond substituents is 1. The molecule has 4 atom stereocenters. The Hall–Kier alpha value is -1.59. The van der Waals surface area contributed by atoms with Crippen LogP contribution in [0.5, 0.6) is 11.5 Å². The van der Waals surface area contributed by atoms with Crippen molar-refractivity contribution in [2.75, 3.05) is 13.6 Å². The summed E-state index contributed by atoms with van der Waals surface area (Å²) >= 11 is 0. The Morgan fingerprint density at radius 1 is 1.36 bits per heavy atom. The van der Waals surface area contributed by atoms with E-state index in [1.807, 2.05) is 13.1 Å². The van der Waals surface area contributed by atoms with E-state index in [0.29, 0.717) is 25.0 Å². The van der Waals surface area contributed by atoms with E-state index in [1.165, 1.54) is 0 Å². The number of ketones is 1. The van der Waals surface area contributed by atoms with E-state index in [4.69, 9.17) is 4.74 Å². The molecule has 1 saturated heterocycles. The number of hydrogen-bond donors (Lipinski definition) is 2. The lowest BCUT2D eigenvalue weighted by molar-refractivity contribution is -0.185. The Kier molecular flexibility index (Phi) is 2.15. The molecule has 2 heterocycles. The van der Waals surface area contributed by atoms with Crippen molar-refractivity contribution in [2.45, 2.75) is 48.8 Å². The zero-order valence-electron chi connectivity index (χ0n) is 12.5. The number of benzene rings is 1. The molecule has 0 radical (unpaired) electrons. The number of rotatable bonds is 0. The molecule has 2 N–H and O–H groups in total. The third kappa shape index (κ3) is 1.13. The highest BCUT2D eigenvalue weighted by Gasteiger charge is 2.72. The van der Waals surface area contributed by atoms with Crippen LogP contribution < -0.4 is 4.74 Å². The Morgan fingerprint density at radius 2 is 2.18 bits per heavy atom. The van der Waals surface area contributed by atoms with Gasteiger partial charge in [0.1, 0.15) is 0 Å². The second-order valence-corrected chi connectivity index (χ2v) is 7.26. The average Bonchev–Trinajstić information content (AvgIpc) is 2.85. The minimum atomic E-state index is -0.954. The molecule has 2 fully saturated rings. The minimum absolute atomic E-state index is 0.00319. The average molecular weight is 301 g/mol. The lowest BCUT2D eigenvalue weighted by Crippen LogP contribution is -2.76. The number of phenols is 1. The molecular formula is C17H19NO4. The molecule has 4 aliphatic rings. The van der Waals surface area contributed by atoms with Gasteiger partial charge in [-0.1, -0.05) is 6.07 Å².